The Bertz CT molecular complexity index is 1060. The summed E-state index contributed by atoms with van der Waals surface area (Å²) in [5.41, 5.74) is 5.93. The molecule has 0 aliphatic carbocycles. The highest BCUT2D eigenvalue weighted by Crippen LogP contribution is 2.28. The van der Waals surface area contributed by atoms with Gasteiger partial charge in [-0.05, 0) is 57.5 Å². The molecule has 0 saturated heterocycles. The van der Waals surface area contributed by atoms with Gasteiger partial charge in [0, 0.05) is 17.2 Å². The molecular formula is C19H19N5O. The van der Waals surface area contributed by atoms with Crippen molar-refractivity contribution in [1.29, 1.82) is 0 Å². The van der Waals surface area contributed by atoms with E-state index in [0.29, 0.717) is 11.8 Å². The lowest BCUT2D eigenvalue weighted by Gasteiger charge is -2.05. The van der Waals surface area contributed by atoms with Crippen molar-refractivity contribution in [2.75, 3.05) is 0 Å². The maximum Gasteiger partial charge on any atom is 0.248 e. The number of nitrogens with zero attached hydrogens (tertiary/aromatic N) is 5. The molecule has 4 rings (SSSR count). The molecule has 4 aromatic rings. The maximum absolute atomic E-state index is 5.90. The molecule has 126 valence electrons. The average Bonchev–Trinajstić information content (AvgIpc) is 3.21. The maximum atomic E-state index is 5.90. The molecule has 0 aliphatic rings. The van der Waals surface area contributed by atoms with Crippen molar-refractivity contribution in [3.63, 3.8) is 0 Å². The van der Waals surface area contributed by atoms with Crippen LogP contribution in [0, 0.1) is 13.8 Å². The number of hydrogen-bond acceptors (Lipinski definition) is 5. The zero-order valence-electron chi connectivity index (χ0n) is 14.7. The van der Waals surface area contributed by atoms with Crippen molar-refractivity contribution in [3.05, 3.63) is 47.5 Å². The van der Waals surface area contributed by atoms with E-state index in [1.54, 1.807) is 0 Å². The summed E-state index contributed by atoms with van der Waals surface area (Å²) in [7, 11) is 0. The van der Waals surface area contributed by atoms with Gasteiger partial charge in [-0.1, -0.05) is 22.9 Å². The summed E-state index contributed by atoms with van der Waals surface area (Å²) in [5, 5.41) is 16.9. The van der Waals surface area contributed by atoms with Gasteiger partial charge in [-0.15, -0.1) is 15.3 Å². The Morgan fingerprint density at radius 3 is 2.48 bits per heavy atom. The number of aryl methyl sites for hydroxylation is 2. The van der Waals surface area contributed by atoms with Crippen molar-refractivity contribution in [2.45, 2.75) is 33.7 Å². The van der Waals surface area contributed by atoms with E-state index in [1.807, 2.05) is 41.9 Å². The standard InChI is InChI=1S/C19H19N5O/c1-11(2)24-17-8-6-14(10-16(17)20-23-24)18-21-22-19(25-18)15-7-5-12(3)9-13(15)4/h5-11H,1-4H3. The minimum atomic E-state index is 0.260. The van der Waals surface area contributed by atoms with Crippen LogP contribution in [0.1, 0.15) is 31.0 Å². The largest absolute Gasteiger partial charge is 0.416 e. The fourth-order valence-corrected chi connectivity index (χ4v) is 2.96. The van der Waals surface area contributed by atoms with E-state index in [2.05, 4.69) is 47.3 Å². The van der Waals surface area contributed by atoms with Crippen LogP contribution in [0.3, 0.4) is 0 Å². The molecule has 6 nitrogen and oxygen atoms in total. The molecule has 0 radical (unpaired) electrons. The molecule has 0 unspecified atom stereocenters. The fraction of sp³-hybridized carbons (Fsp3) is 0.263. The zero-order valence-corrected chi connectivity index (χ0v) is 14.7. The summed E-state index contributed by atoms with van der Waals surface area (Å²) in [6.45, 7) is 8.27. The number of fused-ring (bicyclic) bond motifs is 1. The van der Waals surface area contributed by atoms with E-state index >= 15 is 0 Å². The Kier molecular flexibility index (Phi) is 3.60. The van der Waals surface area contributed by atoms with Gasteiger partial charge in [0.15, 0.2) is 0 Å². The quantitative estimate of drug-likeness (QED) is 0.557. The van der Waals surface area contributed by atoms with Gasteiger partial charge in [0.2, 0.25) is 11.8 Å². The van der Waals surface area contributed by atoms with Crippen molar-refractivity contribution >= 4 is 11.0 Å². The molecule has 0 bridgehead atoms. The third-order valence-corrected chi connectivity index (χ3v) is 4.24. The second-order valence-electron chi connectivity index (χ2n) is 6.56. The van der Waals surface area contributed by atoms with E-state index in [1.165, 1.54) is 5.56 Å². The van der Waals surface area contributed by atoms with Crippen LogP contribution in [0.4, 0.5) is 0 Å². The van der Waals surface area contributed by atoms with Gasteiger partial charge >= 0.3 is 0 Å². The number of rotatable bonds is 3. The van der Waals surface area contributed by atoms with E-state index < -0.39 is 0 Å². The van der Waals surface area contributed by atoms with Gasteiger partial charge in [-0.25, -0.2) is 4.68 Å². The van der Waals surface area contributed by atoms with Gasteiger partial charge in [-0.3, -0.25) is 0 Å². The predicted octanol–water partition coefficient (Wildman–Crippen LogP) is 4.35. The van der Waals surface area contributed by atoms with Crippen LogP contribution in [0.25, 0.3) is 33.9 Å². The van der Waals surface area contributed by atoms with Crippen molar-refractivity contribution in [1.82, 2.24) is 25.2 Å². The molecule has 2 heterocycles. The third-order valence-electron chi connectivity index (χ3n) is 4.24. The van der Waals surface area contributed by atoms with Gasteiger partial charge in [0.25, 0.3) is 0 Å². The first-order valence-corrected chi connectivity index (χ1v) is 8.29. The molecule has 0 amide bonds. The lowest BCUT2D eigenvalue weighted by atomic mass is 10.1. The highest BCUT2D eigenvalue weighted by molar-refractivity contribution is 5.79. The lowest BCUT2D eigenvalue weighted by Crippen LogP contribution is -2.02. The van der Waals surface area contributed by atoms with Crippen LogP contribution in [-0.4, -0.2) is 25.2 Å². The topological polar surface area (TPSA) is 69.6 Å². The second-order valence-corrected chi connectivity index (χ2v) is 6.56. The predicted molar refractivity (Wildman–Crippen MR) is 96.1 cm³/mol. The van der Waals surface area contributed by atoms with E-state index in [-0.39, 0.29) is 6.04 Å². The summed E-state index contributed by atoms with van der Waals surface area (Å²) < 4.78 is 7.80. The first kappa shape index (κ1) is 15.5. The third kappa shape index (κ3) is 2.69. The molecule has 0 N–H and O–H groups in total. The molecule has 0 saturated carbocycles. The fourth-order valence-electron chi connectivity index (χ4n) is 2.96. The van der Waals surface area contributed by atoms with Gasteiger partial charge in [0.05, 0.1) is 5.52 Å². The summed E-state index contributed by atoms with van der Waals surface area (Å²) in [6.07, 6.45) is 0. The smallest absolute Gasteiger partial charge is 0.248 e. The first-order chi connectivity index (χ1) is 12.0. The van der Waals surface area contributed by atoms with Crippen LogP contribution < -0.4 is 0 Å². The summed E-state index contributed by atoms with van der Waals surface area (Å²) in [4.78, 5) is 0. The molecule has 2 aromatic heterocycles. The average molecular weight is 333 g/mol. The van der Waals surface area contributed by atoms with E-state index in [4.69, 9.17) is 4.42 Å². The first-order valence-electron chi connectivity index (χ1n) is 8.29. The number of hydrogen-bond donors (Lipinski definition) is 0. The van der Waals surface area contributed by atoms with Crippen LogP contribution >= 0.6 is 0 Å². The molecule has 0 atom stereocenters. The molecule has 0 aliphatic heterocycles. The van der Waals surface area contributed by atoms with Crippen LogP contribution in [-0.2, 0) is 0 Å². The number of aromatic nitrogens is 5. The Morgan fingerprint density at radius 2 is 1.72 bits per heavy atom. The van der Waals surface area contributed by atoms with E-state index in [9.17, 15) is 0 Å². The Morgan fingerprint density at radius 1 is 0.920 bits per heavy atom. The van der Waals surface area contributed by atoms with Crippen LogP contribution in [0.5, 0.6) is 0 Å². The van der Waals surface area contributed by atoms with Gasteiger partial charge in [0.1, 0.15) is 5.52 Å². The summed E-state index contributed by atoms with van der Waals surface area (Å²) >= 11 is 0. The Hall–Kier alpha value is -3.02. The summed E-state index contributed by atoms with van der Waals surface area (Å²) in [5.74, 6) is 1.01. The minimum absolute atomic E-state index is 0.260. The lowest BCUT2D eigenvalue weighted by molar-refractivity contribution is 0.530. The molecular weight excluding hydrogens is 314 g/mol. The minimum Gasteiger partial charge on any atom is -0.416 e. The zero-order chi connectivity index (χ0) is 17.6. The van der Waals surface area contributed by atoms with Crippen LogP contribution in [0.2, 0.25) is 0 Å². The molecule has 0 spiro atoms. The van der Waals surface area contributed by atoms with Crippen molar-refractivity contribution < 1.29 is 4.42 Å². The highest BCUT2D eigenvalue weighted by Gasteiger charge is 2.14. The summed E-state index contributed by atoms with van der Waals surface area (Å²) in [6, 6.07) is 12.3. The van der Waals surface area contributed by atoms with Crippen molar-refractivity contribution in [2.24, 2.45) is 0 Å². The van der Waals surface area contributed by atoms with E-state index in [0.717, 1.165) is 27.7 Å². The monoisotopic (exact) mass is 333 g/mol. The van der Waals surface area contributed by atoms with Crippen LogP contribution in [0.15, 0.2) is 40.8 Å². The number of benzene rings is 2. The highest BCUT2D eigenvalue weighted by atomic mass is 16.4. The van der Waals surface area contributed by atoms with Gasteiger partial charge in [-0.2, -0.15) is 0 Å². The SMILES string of the molecule is Cc1ccc(-c2nnc(-c3ccc4c(c3)nnn4C(C)C)o2)c(C)c1. The molecule has 0 fully saturated rings. The normalized spacial score (nSPS) is 11.6. The molecule has 2 aromatic carbocycles. The van der Waals surface area contributed by atoms with Gasteiger partial charge < -0.3 is 4.42 Å². The Labute approximate surface area is 145 Å². The molecule has 6 heteroatoms. The second kappa shape index (κ2) is 5.81. The Balaban J connectivity index is 1.73. The molecule has 25 heavy (non-hydrogen) atoms. The van der Waals surface area contributed by atoms with Crippen molar-refractivity contribution in [3.8, 4) is 22.9 Å².